The highest BCUT2D eigenvalue weighted by Gasteiger charge is 2.46. The molecule has 2 saturated heterocycles. The van der Waals surface area contributed by atoms with Gasteiger partial charge in [-0.15, -0.1) is 0 Å². The Kier molecular flexibility index (Phi) is 2.48. The highest BCUT2D eigenvalue weighted by molar-refractivity contribution is 6.19. The normalized spacial score (nSPS) is 26.6. The van der Waals surface area contributed by atoms with Crippen LogP contribution in [0.25, 0.3) is 0 Å². The van der Waals surface area contributed by atoms with Gasteiger partial charge in [0.25, 0.3) is 11.8 Å². The number of imide groups is 1. The predicted molar refractivity (Wildman–Crippen MR) is 62.2 cm³/mol. The molecule has 2 fully saturated rings. The topological polar surface area (TPSA) is 63.7 Å². The summed E-state index contributed by atoms with van der Waals surface area (Å²) in [6.45, 7) is 0. The number of benzene rings is 1. The lowest BCUT2D eigenvalue weighted by molar-refractivity contribution is -0.146. The number of carbonyl (C=O) groups is 3. The standard InChI is InChI=1S/C13H11NO4/c15-7-8-1-3-9(4-2-8)14-12(16)10-5-6-11(18-10)13(14)17/h1-4,7,10-11H,5-6H2. The number of aldehydes is 1. The number of anilines is 1. The molecule has 1 aromatic rings. The van der Waals surface area contributed by atoms with Gasteiger partial charge in [-0.2, -0.15) is 0 Å². The third-order valence-electron chi connectivity index (χ3n) is 3.30. The molecular weight excluding hydrogens is 234 g/mol. The van der Waals surface area contributed by atoms with Gasteiger partial charge in [-0.1, -0.05) is 0 Å². The van der Waals surface area contributed by atoms with Gasteiger partial charge in [0.05, 0.1) is 5.69 Å². The molecule has 2 unspecified atom stereocenters. The first-order valence-corrected chi connectivity index (χ1v) is 5.79. The van der Waals surface area contributed by atoms with Crippen LogP contribution >= 0.6 is 0 Å². The summed E-state index contributed by atoms with van der Waals surface area (Å²) in [5.74, 6) is -0.625. The minimum atomic E-state index is -0.501. The van der Waals surface area contributed by atoms with Gasteiger partial charge >= 0.3 is 0 Å². The van der Waals surface area contributed by atoms with E-state index >= 15 is 0 Å². The van der Waals surface area contributed by atoms with Crippen LogP contribution in [0.3, 0.4) is 0 Å². The van der Waals surface area contributed by atoms with Crippen molar-refractivity contribution in [1.29, 1.82) is 0 Å². The molecule has 5 nitrogen and oxygen atoms in total. The summed E-state index contributed by atoms with van der Waals surface area (Å²) in [5, 5.41) is 0. The fraction of sp³-hybridized carbons (Fsp3) is 0.308. The van der Waals surface area contributed by atoms with E-state index < -0.39 is 12.2 Å². The molecule has 2 heterocycles. The molecule has 0 saturated carbocycles. The lowest BCUT2D eigenvalue weighted by atomic mass is 10.2. The van der Waals surface area contributed by atoms with Crippen LogP contribution in [0.1, 0.15) is 23.2 Å². The highest BCUT2D eigenvalue weighted by Crippen LogP contribution is 2.31. The van der Waals surface area contributed by atoms with E-state index in [0.29, 0.717) is 24.1 Å². The Morgan fingerprint density at radius 2 is 1.61 bits per heavy atom. The summed E-state index contributed by atoms with van der Waals surface area (Å²) in [4.78, 5) is 35.9. The van der Waals surface area contributed by atoms with Crippen LogP contribution in [-0.4, -0.2) is 30.3 Å². The Morgan fingerprint density at radius 1 is 1.06 bits per heavy atom. The third-order valence-corrected chi connectivity index (χ3v) is 3.30. The second-order valence-corrected chi connectivity index (χ2v) is 4.41. The second-order valence-electron chi connectivity index (χ2n) is 4.41. The van der Waals surface area contributed by atoms with Crippen molar-refractivity contribution in [2.24, 2.45) is 0 Å². The molecule has 2 bridgehead atoms. The van der Waals surface area contributed by atoms with E-state index in [1.807, 2.05) is 0 Å². The first-order chi connectivity index (χ1) is 8.70. The van der Waals surface area contributed by atoms with Crippen molar-refractivity contribution in [2.75, 3.05) is 4.90 Å². The maximum absolute atomic E-state index is 12.1. The Bertz CT molecular complexity index is 500. The second kappa shape index (κ2) is 4.03. The lowest BCUT2D eigenvalue weighted by Gasteiger charge is -2.29. The Morgan fingerprint density at radius 3 is 2.11 bits per heavy atom. The number of nitrogens with zero attached hydrogens (tertiary/aromatic N) is 1. The Balaban J connectivity index is 1.96. The van der Waals surface area contributed by atoms with Gasteiger partial charge in [-0.05, 0) is 37.1 Å². The van der Waals surface area contributed by atoms with E-state index in [9.17, 15) is 14.4 Å². The highest BCUT2D eigenvalue weighted by atomic mass is 16.5. The molecule has 1 aromatic carbocycles. The summed E-state index contributed by atoms with van der Waals surface area (Å²) >= 11 is 0. The molecule has 2 aliphatic rings. The molecule has 0 spiro atoms. The van der Waals surface area contributed by atoms with E-state index in [1.165, 1.54) is 4.90 Å². The van der Waals surface area contributed by atoms with E-state index in [2.05, 4.69) is 0 Å². The van der Waals surface area contributed by atoms with Crippen LogP contribution in [0.15, 0.2) is 24.3 Å². The average molecular weight is 245 g/mol. The zero-order valence-electron chi connectivity index (χ0n) is 9.54. The van der Waals surface area contributed by atoms with Crippen molar-refractivity contribution in [2.45, 2.75) is 25.0 Å². The average Bonchev–Trinajstić information content (AvgIpc) is 2.85. The largest absolute Gasteiger partial charge is 0.355 e. The van der Waals surface area contributed by atoms with Gasteiger partial charge in [0.15, 0.2) is 0 Å². The van der Waals surface area contributed by atoms with Crippen LogP contribution in [0, 0.1) is 0 Å². The van der Waals surface area contributed by atoms with Gasteiger partial charge in [-0.25, -0.2) is 4.90 Å². The van der Waals surface area contributed by atoms with E-state index in [1.54, 1.807) is 24.3 Å². The summed E-state index contributed by atoms with van der Waals surface area (Å²) in [5.41, 5.74) is 1.01. The molecule has 5 heteroatoms. The summed E-state index contributed by atoms with van der Waals surface area (Å²) in [6.07, 6.45) is 0.907. The maximum atomic E-state index is 12.1. The van der Waals surface area contributed by atoms with E-state index in [4.69, 9.17) is 4.74 Å². The Labute approximate surface area is 103 Å². The minimum absolute atomic E-state index is 0.312. The number of morpholine rings is 1. The lowest BCUT2D eigenvalue weighted by Crippen LogP contribution is -2.52. The monoisotopic (exact) mass is 245 g/mol. The predicted octanol–water partition coefficient (Wildman–Crippen LogP) is 0.920. The van der Waals surface area contributed by atoms with Gasteiger partial charge in [0.1, 0.15) is 18.5 Å². The van der Waals surface area contributed by atoms with Crippen molar-refractivity contribution in [1.82, 2.24) is 0 Å². The molecule has 2 amide bonds. The number of hydrogen-bond donors (Lipinski definition) is 0. The molecule has 18 heavy (non-hydrogen) atoms. The number of carbonyl (C=O) groups excluding carboxylic acids is 3. The molecular formula is C13H11NO4. The van der Waals surface area contributed by atoms with Crippen LogP contribution < -0.4 is 4.90 Å². The number of ether oxygens (including phenoxy) is 1. The zero-order chi connectivity index (χ0) is 12.7. The summed E-state index contributed by atoms with van der Waals surface area (Å²) in [7, 11) is 0. The molecule has 3 rings (SSSR count). The molecule has 0 aliphatic carbocycles. The zero-order valence-corrected chi connectivity index (χ0v) is 9.54. The smallest absolute Gasteiger partial charge is 0.262 e. The summed E-state index contributed by atoms with van der Waals surface area (Å²) in [6, 6.07) is 6.37. The van der Waals surface area contributed by atoms with Crippen LogP contribution in [0.2, 0.25) is 0 Å². The summed E-state index contributed by atoms with van der Waals surface area (Å²) < 4.78 is 5.32. The van der Waals surface area contributed by atoms with E-state index in [0.717, 1.165) is 6.29 Å². The fourth-order valence-electron chi connectivity index (χ4n) is 2.35. The molecule has 92 valence electrons. The van der Waals surface area contributed by atoms with Crippen molar-refractivity contribution < 1.29 is 19.1 Å². The van der Waals surface area contributed by atoms with Gasteiger partial charge in [0, 0.05) is 5.56 Å². The SMILES string of the molecule is O=Cc1ccc(N2C(=O)C3CCC(O3)C2=O)cc1. The first kappa shape index (κ1) is 11.1. The van der Waals surface area contributed by atoms with Crippen LogP contribution in [-0.2, 0) is 14.3 Å². The third kappa shape index (κ3) is 1.55. The molecule has 0 radical (unpaired) electrons. The van der Waals surface area contributed by atoms with Crippen molar-refractivity contribution in [3.63, 3.8) is 0 Å². The quantitative estimate of drug-likeness (QED) is 0.574. The fourth-order valence-corrected chi connectivity index (χ4v) is 2.35. The van der Waals surface area contributed by atoms with Gasteiger partial charge in [0.2, 0.25) is 0 Å². The number of rotatable bonds is 2. The number of hydrogen-bond acceptors (Lipinski definition) is 4. The van der Waals surface area contributed by atoms with Crippen LogP contribution in [0.4, 0.5) is 5.69 Å². The number of fused-ring (bicyclic) bond motifs is 2. The van der Waals surface area contributed by atoms with Gasteiger partial charge < -0.3 is 4.74 Å². The van der Waals surface area contributed by atoms with Crippen molar-refractivity contribution >= 4 is 23.8 Å². The van der Waals surface area contributed by atoms with E-state index in [-0.39, 0.29) is 11.8 Å². The van der Waals surface area contributed by atoms with Crippen molar-refractivity contribution in [3.05, 3.63) is 29.8 Å². The molecule has 2 atom stereocenters. The maximum Gasteiger partial charge on any atom is 0.262 e. The Hall–Kier alpha value is -2.01. The van der Waals surface area contributed by atoms with Crippen molar-refractivity contribution in [3.8, 4) is 0 Å². The van der Waals surface area contributed by atoms with Crippen LogP contribution in [0.5, 0.6) is 0 Å². The minimum Gasteiger partial charge on any atom is -0.355 e. The molecule has 2 aliphatic heterocycles. The first-order valence-electron chi connectivity index (χ1n) is 5.79. The number of amides is 2. The molecule has 0 N–H and O–H groups in total. The van der Waals surface area contributed by atoms with Gasteiger partial charge in [-0.3, -0.25) is 14.4 Å². The molecule has 0 aromatic heterocycles.